The molecule has 122 valence electrons. The molecule has 7 heteroatoms. The van der Waals surface area contributed by atoms with Crippen molar-refractivity contribution >= 4 is 22.7 Å². The van der Waals surface area contributed by atoms with E-state index in [9.17, 15) is 14.4 Å². The molecular formula is C16H20N4O3. The van der Waals surface area contributed by atoms with E-state index in [0.29, 0.717) is 24.0 Å². The second-order valence-corrected chi connectivity index (χ2v) is 4.96. The standard InChI is InChI=1S/C16H20N4O3/c1-2-17-7-8-18-14(21)10-20-16(23)12-9-19-13-6-4-3-5-11(13)15(12)22/h3-6,9,17H,2,7-8,10H2,1H3,(H,18,21)(H,19,22)(H,20,23). The van der Waals surface area contributed by atoms with E-state index >= 15 is 0 Å². The molecule has 7 nitrogen and oxygen atoms in total. The molecule has 0 aliphatic rings. The van der Waals surface area contributed by atoms with Gasteiger partial charge in [-0.15, -0.1) is 0 Å². The number of benzene rings is 1. The topological polar surface area (TPSA) is 103 Å². The zero-order valence-corrected chi connectivity index (χ0v) is 12.9. The molecule has 23 heavy (non-hydrogen) atoms. The molecule has 0 saturated heterocycles. The number of para-hydroxylation sites is 1. The lowest BCUT2D eigenvalue weighted by Crippen LogP contribution is -2.40. The Morgan fingerprint density at radius 1 is 1.13 bits per heavy atom. The van der Waals surface area contributed by atoms with Crippen LogP contribution in [-0.4, -0.2) is 43.0 Å². The van der Waals surface area contributed by atoms with Gasteiger partial charge in [0, 0.05) is 30.2 Å². The van der Waals surface area contributed by atoms with Crippen LogP contribution < -0.4 is 21.4 Å². The summed E-state index contributed by atoms with van der Waals surface area (Å²) in [5, 5.41) is 8.63. The highest BCUT2D eigenvalue weighted by molar-refractivity contribution is 5.98. The van der Waals surface area contributed by atoms with E-state index in [1.807, 2.05) is 6.92 Å². The van der Waals surface area contributed by atoms with Crippen molar-refractivity contribution in [3.05, 3.63) is 46.2 Å². The molecule has 0 aliphatic carbocycles. The molecule has 0 radical (unpaired) electrons. The molecule has 0 unspecified atom stereocenters. The van der Waals surface area contributed by atoms with Crippen LogP contribution in [0.3, 0.4) is 0 Å². The first kappa shape index (κ1) is 16.7. The Balaban J connectivity index is 1.95. The van der Waals surface area contributed by atoms with E-state index in [-0.39, 0.29) is 23.4 Å². The molecule has 1 heterocycles. The van der Waals surface area contributed by atoms with Crippen molar-refractivity contribution in [1.29, 1.82) is 0 Å². The van der Waals surface area contributed by atoms with Gasteiger partial charge in [0.2, 0.25) is 11.3 Å². The quantitative estimate of drug-likeness (QED) is 0.539. The van der Waals surface area contributed by atoms with Crippen molar-refractivity contribution in [2.45, 2.75) is 6.92 Å². The van der Waals surface area contributed by atoms with E-state index in [1.54, 1.807) is 24.3 Å². The van der Waals surface area contributed by atoms with Crippen molar-refractivity contribution in [2.75, 3.05) is 26.2 Å². The lowest BCUT2D eigenvalue weighted by Gasteiger charge is -2.07. The maximum Gasteiger partial charge on any atom is 0.257 e. The number of hydrogen-bond acceptors (Lipinski definition) is 4. The van der Waals surface area contributed by atoms with Gasteiger partial charge in [0.1, 0.15) is 5.56 Å². The summed E-state index contributed by atoms with van der Waals surface area (Å²) >= 11 is 0. The van der Waals surface area contributed by atoms with Gasteiger partial charge in [-0.1, -0.05) is 19.1 Å². The Kier molecular flexibility index (Phi) is 5.87. The molecule has 1 aromatic carbocycles. The summed E-state index contributed by atoms with van der Waals surface area (Å²) in [6.07, 6.45) is 1.36. The fourth-order valence-corrected chi connectivity index (χ4v) is 2.12. The van der Waals surface area contributed by atoms with Crippen LogP contribution in [0.25, 0.3) is 10.9 Å². The maximum atomic E-state index is 12.3. The predicted octanol–water partition coefficient (Wildman–Crippen LogP) is -0.0164. The van der Waals surface area contributed by atoms with Crippen LogP contribution in [0.1, 0.15) is 17.3 Å². The highest BCUT2D eigenvalue weighted by atomic mass is 16.2. The van der Waals surface area contributed by atoms with Gasteiger partial charge in [-0.2, -0.15) is 0 Å². The van der Waals surface area contributed by atoms with E-state index < -0.39 is 5.91 Å². The number of hydrogen-bond donors (Lipinski definition) is 4. The fraction of sp³-hybridized carbons (Fsp3) is 0.312. The van der Waals surface area contributed by atoms with Crippen molar-refractivity contribution in [1.82, 2.24) is 20.9 Å². The number of amides is 2. The van der Waals surface area contributed by atoms with Crippen LogP contribution in [0.2, 0.25) is 0 Å². The van der Waals surface area contributed by atoms with Crippen LogP contribution in [-0.2, 0) is 4.79 Å². The average molecular weight is 316 g/mol. The van der Waals surface area contributed by atoms with Crippen LogP contribution in [0, 0.1) is 0 Å². The number of nitrogens with one attached hydrogen (secondary N) is 4. The van der Waals surface area contributed by atoms with E-state index in [2.05, 4.69) is 20.9 Å². The highest BCUT2D eigenvalue weighted by Gasteiger charge is 2.13. The SMILES string of the molecule is CCNCCNC(=O)CNC(=O)c1c[nH]c2ccccc2c1=O. The van der Waals surface area contributed by atoms with Crippen molar-refractivity contribution < 1.29 is 9.59 Å². The van der Waals surface area contributed by atoms with Gasteiger partial charge in [0.25, 0.3) is 5.91 Å². The van der Waals surface area contributed by atoms with Gasteiger partial charge in [-0.05, 0) is 18.7 Å². The Morgan fingerprint density at radius 2 is 1.91 bits per heavy atom. The number of carbonyl (C=O) groups excluding carboxylic acids is 2. The number of aromatic amines is 1. The van der Waals surface area contributed by atoms with Gasteiger partial charge < -0.3 is 20.9 Å². The number of aromatic nitrogens is 1. The minimum absolute atomic E-state index is 0.0100. The summed E-state index contributed by atoms with van der Waals surface area (Å²) in [4.78, 5) is 38.8. The molecule has 0 spiro atoms. The maximum absolute atomic E-state index is 12.3. The first-order chi connectivity index (χ1) is 11.1. The van der Waals surface area contributed by atoms with Gasteiger partial charge in [0.15, 0.2) is 0 Å². The molecule has 4 N–H and O–H groups in total. The zero-order chi connectivity index (χ0) is 16.7. The van der Waals surface area contributed by atoms with Gasteiger partial charge >= 0.3 is 0 Å². The lowest BCUT2D eigenvalue weighted by atomic mass is 10.1. The van der Waals surface area contributed by atoms with Crippen molar-refractivity contribution in [3.8, 4) is 0 Å². The molecule has 0 fully saturated rings. The molecule has 0 atom stereocenters. The van der Waals surface area contributed by atoms with Crippen LogP contribution in [0.5, 0.6) is 0 Å². The molecule has 1 aromatic heterocycles. The summed E-state index contributed by atoms with van der Waals surface area (Å²) < 4.78 is 0. The Hall–Kier alpha value is -2.67. The monoisotopic (exact) mass is 316 g/mol. The number of fused-ring (bicyclic) bond motifs is 1. The number of rotatable bonds is 7. The first-order valence-corrected chi connectivity index (χ1v) is 7.49. The molecular weight excluding hydrogens is 296 g/mol. The van der Waals surface area contributed by atoms with Gasteiger partial charge in [-0.3, -0.25) is 14.4 Å². The minimum atomic E-state index is -0.571. The van der Waals surface area contributed by atoms with Gasteiger partial charge in [-0.25, -0.2) is 0 Å². The van der Waals surface area contributed by atoms with Crippen molar-refractivity contribution in [2.24, 2.45) is 0 Å². The van der Waals surface area contributed by atoms with E-state index in [1.165, 1.54) is 6.20 Å². The molecule has 0 bridgehead atoms. The highest BCUT2D eigenvalue weighted by Crippen LogP contribution is 2.06. The lowest BCUT2D eigenvalue weighted by molar-refractivity contribution is -0.120. The zero-order valence-electron chi connectivity index (χ0n) is 12.9. The minimum Gasteiger partial charge on any atom is -0.360 e. The largest absolute Gasteiger partial charge is 0.360 e. The summed E-state index contributed by atoms with van der Waals surface area (Å²) in [5.41, 5.74) is 0.295. The smallest absolute Gasteiger partial charge is 0.257 e. The van der Waals surface area contributed by atoms with E-state index in [4.69, 9.17) is 0 Å². The summed E-state index contributed by atoms with van der Waals surface area (Å²) in [5.74, 6) is -0.868. The van der Waals surface area contributed by atoms with E-state index in [0.717, 1.165) is 6.54 Å². The third-order valence-corrected chi connectivity index (χ3v) is 3.32. The van der Waals surface area contributed by atoms with Gasteiger partial charge in [0.05, 0.1) is 6.54 Å². The van der Waals surface area contributed by atoms with Crippen LogP contribution >= 0.6 is 0 Å². The third-order valence-electron chi connectivity index (χ3n) is 3.32. The third kappa shape index (κ3) is 4.40. The Bertz CT molecular complexity index is 754. The van der Waals surface area contributed by atoms with Crippen LogP contribution in [0.4, 0.5) is 0 Å². The summed E-state index contributed by atoms with van der Waals surface area (Å²) in [7, 11) is 0. The summed E-state index contributed by atoms with van der Waals surface area (Å²) in [6, 6.07) is 6.95. The Morgan fingerprint density at radius 3 is 2.70 bits per heavy atom. The number of likely N-dealkylation sites (N-methyl/N-ethyl adjacent to an activating group) is 1. The molecule has 2 rings (SSSR count). The average Bonchev–Trinajstić information content (AvgIpc) is 2.57. The molecule has 2 aromatic rings. The predicted molar refractivity (Wildman–Crippen MR) is 88.5 cm³/mol. The fourth-order valence-electron chi connectivity index (χ4n) is 2.12. The molecule has 0 aliphatic heterocycles. The molecule has 0 saturated carbocycles. The summed E-state index contributed by atoms with van der Waals surface area (Å²) in [6.45, 7) is 3.79. The van der Waals surface area contributed by atoms with Crippen LogP contribution in [0.15, 0.2) is 35.3 Å². The first-order valence-electron chi connectivity index (χ1n) is 7.49. The normalized spacial score (nSPS) is 10.5. The Labute approximate surface area is 133 Å². The number of carbonyl (C=O) groups is 2. The molecule has 2 amide bonds. The second-order valence-electron chi connectivity index (χ2n) is 4.96. The van der Waals surface area contributed by atoms with Crippen molar-refractivity contribution in [3.63, 3.8) is 0 Å². The number of pyridine rings is 1. The number of H-pyrrole nitrogens is 1. The second kappa shape index (κ2) is 8.09.